The highest BCUT2D eigenvalue weighted by Gasteiger charge is 2.25. The van der Waals surface area contributed by atoms with Crippen LogP contribution in [0.25, 0.3) is 11.1 Å². The van der Waals surface area contributed by atoms with Crippen LogP contribution in [0.4, 0.5) is 0 Å². The molecule has 0 bridgehead atoms. The fourth-order valence-corrected chi connectivity index (χ4v) is 2.81. The smallest absolute Gasteiger partial charge is 0.131 e. The van der Waals surface area contributed by atoms with Crippen LogP contribution in [0.5, 0.6) is 5.75 Å². The van der Waals surface area contributed by atoms with Crippen LogP contribution in [0.3, 0.4) is 0 Å². The molecule has 1 heterocycles. The molecule has 0 saturated carbocycles. The lowest BCUT2D eigenvalue weighted by Gasteiger charge is -2.12. The third-order valence-corrected chi connectivity index (χ3v) is 3.75. The van der Waals surface area contributed by atoms with Gasteiger partial charge in [0.2, 0.25) is 0 Å². The second-order valence-corrected chi connectivity index (χ2v) is 5.18. The molecule has 0 aliphatic carbocycles. The quantitative estimate of drug-likeness (QED) is 0.924. The van der Waals surface area contributed by atoms with Gasteiger partial charge in [-0.2, -0.15) is 0 Å². The van der Waals surface area contributed by atoms with Crippen molar-refractivity contribution in [2.24, 2.45) is 0 Å². The molecule has 0 radical (unpaired) electrons. The van der Waals surface area contributed by atoms with E-state index in [0.717, 1.165) is 34.9 Å². The Morgan fingerprint density at radius 1 is 1.16 bits per heavy atom. The van der Waals surface area contributed by atoms with Crippen molar-refractivity contribution >= 4 is 11.6 Å². The zero-order chi connectivity index (χ0) is 13.2. The molecular weight excluding hydrogens is 258 g/mol. The Morgan fingerprint density at radius 2 is 1.95 bits per heavy atom. The molecule has 0 amide bonds. The Balaban J connectivity index is 2.03. The summed E-state index contributed by atoms with van der Waals surface area (Å²) in [5.41, 5.74) is 3.38. The molecule has 1 N–H and O–H groups in total. The zero-order valence-electron chi connectivity index (χ0n) is 10.8. The Bertz CT molecular complexity index is 597. The number of hydrogen-bond acceptors (Lipinski definition) is 2. The molecule has 1 aliphatic heterocycles. The highest BCUT2D eigenvalue weighted by atomic mass is 35.5. The van der Waals surface area contributed by atoms with Crippen LogP contribution >= 0.6 is 11.6 Å². The van der Waals surface area contributed by atoms with E-state index in [0.29, 0.717) is 0 Å². The van der Waals surface area contributed by atoms with E-state index in [-0.39, 0.29) is 6.10 Å². The minimum atomic E-state index is 0.212. The summed E-state index contributed by atoms with van der Waals surface area (Å²) in [5, 5.41) is 3.92. The molecule has 98 valence electrons. The minimum Gasteiger partial charge on any atom is -0.488 e. The monoisotopic (exact) mass is 273 g/mol. The maximum Gasteiger partial charge on any atom is 0.131 e. The summed E-state index contributed by atoms with van der Waals surface area (Å²) in [6.45, 7) is 0.858. The summed E-state index contributed by atoms with van der Waals surface area (Å²) in [6.07, 6.45) is 1.16. The predicted octanol–water partition coefficient (Wildman–Crippen LogP) is 3.53. The van der Waals surface area contributed by atoms with Crippen molar-refractivity contribution in [3.63, 3.8) is 0 Å². The van der Waals surface area contributed by atoms with Crippen molar-refractivity contribution in [3.05, 3.63) is 53.1 Å². The van der Waals surface area contributed by atoms with Crippen molar-refractivity contribution in [3.8, 4) is 16.9 Å². The number of benzene rings is 2. The average Bonchev–Trinajstić information content (AvgIpc) is 2.82. The van der Waals surface area contributed by atoms with E-state index in [1.165, 1.54) is 5.56 Å². The molecule has 2 nitrogen and oxygen atoms in total. The van der Waals surface area contributed by atoms with Gasteiger partial charge in [0, 0.05) is 29.1 Å². The van der Waals surface area contributed by atoms with Crippen LogP contribution in [-0.2, 0) is 6.42 Å². The lowest BCUT2D eigenvalue weighted by molar-refractivity contribution is 0.232. The summed E-state index contributed by atoms with van der Waals surface area (Å²) in [7, 11) is 1.95. The summed E-state index contributed by atoms with van der Waals surface area (Å²) in [5.74, 6) is 0.982. The van der Waals surface area contributed by atoms with Crippen LogP contribution in [0.15, 0.2) is 42.5 Å². The van der Waals surface area contributed by atoms with Crippen LogP contribution in [-0.4, -0.2) is 19.7 Å². The summed E-state index contributed by atoms with van der Waals surface area (Å²) in [4.78, 5) is 0. The maximum atomic E-state index is 6.29. The number of para-hydroxylation sites is 1. The van der Waals surface area contributed by atoms with Gasteiger partial charge in [0.1, 0.15) is 11.9 Å². The van der Waals surface area contributed by atoms with E-state index >= 15 is 0 Å². The number of hydrogen-bond donors (Lipinski definition) is 1. The third-order valence-electron chi connectivity index (χ3n) is 3.42. The fourth-order valence-electron chi connectivity index (χ4n) is 2.57. The van der Waals surface area contributed by atoms with Gasteiger partial charge >= 0.3 is 0 Å². The first-order valence-corrected chi connectivity index (χ1v) is 6.85. The largest absolute Gasteiger partial charge is 0.488 e. The number of halogens is 1. The number of nitrogens with one attached hydrogen (secondary N) is 1. The molecule has 0 spiro atoms. The molecule has 0 saturated heterocycles. The van der Waals surface area contributed by atoms with Crippen LogP contribution in [0.2, 0.25) is 5.02 Å². The highest BCUT2D eigenvalue weighted by molar-refractivity contribution is 6.33. The molecule has 0 aromatic heterocycles. The third kappa shape index (κ3) is 2.34. The van der Waals surface area contributed by atoms with Crippen molar-refractivity contribution in [2.75, 3.05) is 13.6 Å². The molecule has 1 aliphatic rings. The number of likely N-dealkylation sites (N-methyl/N-ethyl adjacent to an activating group) is 1. The zero-order valence-corrected chi connectivity index (χ0v) is 11.6. The van der Waals surface area contributed by atoms with Gasteiger partial charge in [0.25, 0.3) is 0 Å². The second-order valence-electron chi connectivity index (χ2n) is 4.78. The Kier molecular flexibility index (Phi) is 3.45. The molecule has 2 aromatic rings. The minimum absolute atomic E-state index is 0.212. The van der Waals surface area contributed by atoms with Crippen LogP contribution in [0.1, 0.15) is 5.56 Å². The standard InChI is InChI=1S/C16H16ClNO/c1-18-10-12-9-11-5-4-7-14(16(11)19-12)13-6-2-3-8-15(13)17/h2-8,12,18H,9-10H2,1H3. The highest BCUT2D eigenvalue weighted by Crippen LogP contribution is 2.40. The Labute approximate surface area is 118 Å². The van der Waals surface area contributed by atoms with Crippen molar-refractivity contribution < 1.29 is 4.74 Å². The van der Waals surface area contributed by atoms with Gasteiger partial charge in [-0.05, 0) is 18.7 Å². The predicted molar refractivity (Wildman–Crippen MR) is 78.9 cm³/mol. The van der Waals surface area contributed by atoms with Gasteiger partial charge in [-0.25, -0.2) is 0 Å². The molecule has 3 heteroatoms. The number of rotatable bonds is 3. The molecule has 0 fully saturated rings. The van der Waals surface area contributed by atoms with E-state index in [1.807, 2.05) is 31.3 Å². The van der Waals surface area contributed by atoms with Crippen molar-refractivity contribution in [1.29, 1.82) is 0 Å². The van der Waals surface area contributed by atoms with Crippen molar-refractivity contribution in [1.82, 2.24) is 5.32 Å². The number of ether oxygens (including phenoxy) is 1. The molecular formula is C16H16ClNO. The average molecular weight is 274 g/mol. The number of fused-ring (bicyclic) bond motifs is 1. The molecule has 2 aromatic carbocycles. The van der Waals surface area contributed by atoms with E-state index in [2.05, 4.69) is 23.5 Å². The van der Waals surface area contributed by atoms with E-state index in [9.17, 15) is 0 Å². The van der Waals surface area contributed by atoms with E-state index < -0.39 is 0 Å². The lowest BCUT2D eigenvalue weighted by Crippen LogP contribution is -2.27. The van der Waals surface area contributed by atoms with Gasteiger partial charge in [0.05, 0.1) is 0 Å². The molecule has 1 atom stereocenters. The Morgan fingerprint density at radius 3 is 2.74 bits per heavy atom. The second kappa shape index (κ2) is 5.24. The van der Waals surface area contributed by atoms with Gasteiger partial charge in [-0.3, -0.25) is 0 Å². The normalized spacial score (nSPS) is 17.1. The Hall–Kier alpha value is -1.51. The van der Waals surface area contributed by atoms with Gasteiger partial charge < -0.3 is 10.1 Å². The van der Waals surface area contributed by atoms with Crippen LogP contribution in [0, 0.1) is 0 Å². The van der Waals surface area contributed by atoms with Gasteiger partial charge in [-0.1, -0.05) is 48.0 Å². The fraction of sp³-hybridized carbons (Fsp3) is 0.250. The van der Waals surface area contributed by atoms with Gasteiger partial charge in [0.15, 0.2) is 0 Å². The van der Waals surface area contributed by atoms with Crippen LogP contribution < -0.4 is 10.1 Å². The molecule has 1 unspecified atom stereocenters. The first kappa shape index (κ1) is 12.5. The van der Waals surface area contributed by atoms with Crippen molar-refractivity contribution in [2.45, 2.75) is 12.5 Å². The van der Waals surface area contributed by atoms with E-state index in [1.54, 1.807) is 0 Å². The molecule has 19 heavy (non-hydrogen) atoms. The summed E-state index contributed by atoms with van der Waals surface area (Å²) in [6, 6.07) is 14.2. The first-order valence-electron chi connectivity index (χ1n) is 6.47. The van der Waals surface area contributed by atoms with Gasteiger partial charge in [-0.15, -0.1) is 0 Å². The lowest BCUT2D eigenvalue weighted by atomic mass is 10.0. The first-order chi connectivity index (χ1) is 9.29. The summed E-state index contributed by atoms with van der Waals surface area (Å²) >= 11 is 6.29. The summed E-state index contributed by atoms with van der Waals surface area (Å²) < 4.78 is 6.07. The topological polar surface area (TPSA) is 21.3 Å². The molecule has 3 rings (SSSR count). The maximum absolute atomic E-state index is 6.29. The van der Waals surface area contributed by atoms with E-state index in [4.69, 9.17) is 16.3 Å². The SMILES string of the molecule is CNCC1Cc2cccc(-c3ccccc3Cl)c2O1.